The third kappa shape index (κ3) is 5.42. The number of likely N-dealkylation sites (tertiary alicyclic amines) is 1. The summed E-state index contributed by atoms with van der Waals surface area (Å²) in [6.07, 6.45) is 5.66. The van der Waals surface area contributed by atoms with Crippen LogP contribution in [0.3, 0.4) is 0 Å². The number of thiazole rings is 1. The molecule has 3 saturated heterocycles. The van der Waals surface area contributed by atoms with Gasteiger partial charge in [-0.3, -0.25) is 14.4 Å². The number of rotatable bonds is 7. The molecule has 0 radical (unpaired) electrons. The Bertz CT molecular complexity index is 1300. The molecule has 1 saturated carbocycles. The van der Waals surface area contributed by atoms with Gasteiger partial charge in [-0.1, -0.05) is 32.3 Å². The summed E-state index contributed by atoms with van der Waals surface area (Å²) >= 11 is 1.62. The van der Waals surface area contributed by atoms with Gasteiger partial charge >= 0.3 is 0 Å². The van der Waals surface area contributed by atoms with Gasteiger partial charge in [-0.05, 0) is 49.9 Å². The lowest BCUT2D eigenvalue weighted by atomic mass is 9.74. The molecule has 0 spiro atoms. The predicted molar refractivity (Wildman–Crippen MR) is 159 cm³/mol. The second-order valence-electron chi connectivity index (χ2n) is 12.2. The summed E-state index contributed by atoms with van der Waals surface area (Å²) in [6, 6.07) is 5.08. The highest BCUT2D eigenvalue weighted by Gasteiger charge is 2.53. The number of primary amides is 1. The number of hydrogen-bond acceptors (Lipinski definition) is 8. The number of nitrogens with zero attached hydrogens (tertiary/aromatic N) is 4. The zero-order chi connectivity index (χ0) is 28.7. The van der Waals surface area contributed by atoms with Crippen LogP contribution in [-0.2, 0) is 14.3 Å². The highest BCUT2D eigenvalue weighted by Crippen LogP contribution is 2.43. The van der Waals surface area contributed by atoms with Crippen molar-refractivity contribution in [3.05, 3.63) is 34.7 Å². The van der Waals surface area contributed by atoms with E-state index in [1.807, 2.05) is 12.1 Å². The Morgan fingerprint density at radius 3 is 2.61 bits per heavy atom. The van der Waals surface area contributed by atoms with E-state index in [1.54, 1.807) is 22.3 Å². The van der Waals surface area contributed by atoms with Crippen LogP contribution in [0.4, 0.5) is 5.13 Å². The zero-order valence-electron chi connectivity index (χ0n) is 24.1. The first-order valence-electron chi connectivity index (χ1n) is 15.1. The number of anilines is 1. The van der Waals surface area contributed by atoms with Gasteiger partial charge in [-0.15, -0.1) is 11.3 Å². The van der Waals surface area contributed by atoms with E-state index in [4.69, 9.17) is 15.5 Å². The SMILES string of the molecule is CC[C@H]1CN(C(=O)[C@H](c2cc(-c3csc(N4CCN(C)CC4)n3)ccc2C(N)=O)C2CCCCC2)[C@@H]2C(=O)CO[C@H]12. The molecule has 10 heteroatoms. The van der Waals surface area contributed by atoms with Crippen LogP contribution in [-0.4, -0.2) is 90.9 Å². The molecule has 2 aromatic rings. The highest BCUT2D eigenvalue weighted by molar-refractivity contribution is 7.14. The normalized spacial score (nSPS) is 26.4. The number of fused-ring (bicyclic) bond motifs is 1. The molecule has 4 heterocycles. The molecular weight excluding hydrogens is 538 g/mol. The number of aromatic nitrogens is 1. The van der Waals surface area contributed by atoms with Crippen LogP contribution in [0, 0.1) is 11.8 Å². The Balaban J connectivity index is 1.38. The van der Waals surface area contributed by atoms with E-state index in [-0.39, 0.29) is 36.2 Å². The summed E-state index contributed by atoms with van der Waals surface area (Å²) in [5.41, 5.74) is 8.69. The molecule has 41 heavy (non-hydrogen) atoms. The van der Waals surface area contributed by atoms with E-state index in [0.29, 0.717) is 17.7 Å². The van der Waals surface area contributed by atoms with Gasteiger partial charge in [0, 0.05) is 55.1 Å². The summed E-state index contributed by atoms with van der Waals surface area (Å²) in [7, 11) is 2.14. The van der Waals surface area contributed by atoms with Crippen molar-refractivity contribution < 1.29 is 19.1 Å². The van der Waals surface area contributed by atoms with Crippen LogP contribution < -0.4 is 10.6 Å². The van der Waals surface area contributed by atoms with Gasteiger partial charge < -0.3 is 25.2 Å². The first-order chi connectivity index (χ1) is 19.9. The first-order valence-corrected chi connectivity index (χ1v) is 16.0. The van der Waals surface area contributed by atoms with Crippen molar-refractivity contribution in [1.82, 2.24) is 14.8 Å². The van der Waals surface area contributed by atoms with Crippen LogP contribution in [0.2, 0.25) is 0 Å². The Morgan fingerprint density at radius 2 is 1.90 bits per heavy atom. The number of carbonyl (C=O) groups is 3. The second kappa shape index (κ2) is 11.8. The third-order valence-corrected chi connectivity index (χ3v) is 10.6. The van der Waals surface area contributed by atoms with Crippen LogP contribution in [0.1, 0.15) is 67.3 Å². The van der Waals surface area contributed by atoms with Crippen LogP contribution in [0.15, 0.2) is 23.6 Å². The quantitative estimate of drug-likeness (QED) is 0.535. The third-order valence-electron chi connectivity index (χ3n) is 9.70. The molecule has 220 valence electrons. The van der Waals surface area contributed by atoms with Crippen molar-refractivity contribution in [2.45, 2.75) is 63.5 Å². The van der Waals surface area contributed by atoms with E-state index >= 15 is 0 Å². The molecule has 1 aliphatic carbocycles. The van der Waals surface area contributed by atoms with Gasteiger partial charge in [0.25, 0.3) is 0 Å². The fourth-order valence-electron chi connectivity index (χ4n) is 7.32. The van der Waals surface area contributed by atoms with Gasteiger partial charge in [-0.2, -0.15) is 0 Å². The predicted octanol–water partition coefficient (Wildman–Crippen LogP) is 3.53. The number of ketones is 1. The van der Waals surface area contributed by atoms with E-state index < -0.39 is 17.9 Å². The minimum Gasteiger partial charge on any atom is -0.367 e. The van der Waals surface area contributed by atoms with Crippen molar-refractivity contribution in [3.8, 4) is 11.3 Å². The average molecular weight is 580 g/mol. The molecule has 4 fully saturated rings. The Hall–Kier alpha value is -2.82. The Labute approximate surface area is 246 Å². The number of hydrogen-bond donors (Lipinski definition) is 1. The summed E-state index contributed by atoms with van der Waals surface area (Å²) in [5.74, 6) is -0.965. The Kier molecular flexibility index (Phi) is 8.16. The number of carbonyl (C=O) groups excluding carboxylic acids is 3. The number of benzene rings is 1. The minimum atomic E-state index is -0.543. The maximum absolute atomic E-state index is 14.6. The van der Waals surface area contributed by atoms with Gasteiger partial charge in [0.15, 0.2) is 10.9 Å². The second-order valence-corrected chi connectivity index (χ2v) is 13.0. The van der Waals surface area contributed by atoms with Gasteiger partial charge in [0.2, 0.25) is 11.8 Å². The molecule has 9 nitrogen and oxygen atoms in total. The standard InChI is InChI=1S/C31H41N5O4S/c1-3-19-16-36(27-25(37)17-40-28(19)27)30(39)26(20-7-5-4-6-8-20)23-15-21(9-10-22(23)29(32)38)24-18-41-31(33-24)35-13-11-34(2)12-14-35/h9-10,15,18-20,26-28H,3-8,11-14,16-17H2,1-2H3,(H2,32,38)/t19-,26-,27+,28+/m0/s1. The van der Waals surface area contributed by atoms with Crippen molar-refractivity contribution in [3.63, 3.8) is 0 Å². The molecule has 2 amide bonds. The topological polar surface area (TPSA) is 109 Å². The van der Waals surface area contributed by atoms with Crippen LogP contribution in [0.25, 0.3) is 11.3 Å². The maximum atomic E-state index is 14.6. The average Bonchev–Trinajstić information content (AvgIpc) is 3.71. The first kappa shape index (κ1) is 28.3. The molecule has 1 aromatic carbocycles. The van der Waals surface area contributed by atoms with Gasteiger partial charge in [0.1, 0.15) is 12.6 Å². The number of amides is 2. The molecule has 3 aliphatic heterocycles. The van der Waals surface area contributed by atoms with Crippen molar-refractivity contribution >= 4 is 34.1 Å². The number of ether oxygens (including phenoxy) is 1. The highest BCUT2D eigenvalue weighted by atomic mass is 32.1. The minimum absolute atomic E-state index is 0.0236. The van der Waals surface area contributed by atoms with Gasteiger partial charge in [-0.25, -0.2) is 4.98 Å². The lowest BCUT2D eigenvalue weighted by molar-refractivity contribution is -0.139. The number of likely N-dealkylation sites (N-methyl/N-ethyl adjacent to an activating group) is 1. The summed E-state index contributed by atoms with van der Waals surface area (Å²) in [4.78, 5) is 51.7. The Morgan fingerprint density at radius 1 is 1.15 bits per heavy atom. The fraction of sp³-hybridized carbons (Fsp3) is 0.613. The largest absolute Gasteiger partial charge is 0.367 e. The molecule has 4 aliphatic rings. The monoisotopic (exact) mass is 579 g/mol. The lowest BCUT2D eigenvalue weighted by Crippen LogP contribution is -2.46. The molecule has 6 rings (SSSR count). The number of piperazine rings is 1. The van der Waals surface area contributed by atoms with E-state index in [1.165, 1.54) is 0 Å². The van der Waals surface area contributed by atoms with E-state index in [0.717, 1.165) is 81.1 Å². The summed E-state index contributed by atoms with van der Waals surface area (Å²) in [6.45, 7) is 6.53. The van der Waals surface area contributed by atoms with Crippen LogP contribution >= 0.6 is 11.3 Å². The van der Waals surface area contributed by atoms with Crippen molar-refractivity contribution in [2.75, 3.05) is 51.3 Å². The smallest absolute Gasteiger partial charge is 0.249 e. The molecule has 2 N–H and O–H groups in total. The lowest BCUT2D eigenvalue weighted by Gasteiger charge is -2.35. The molecule has 4 atom stereocenters. The molecule has 0 unspecified atom stereocenters. The van der Waals surface area contributed by atoms with Crippen LogP contribution in [0.5, 0.6) is 0 Å². The van der Waals surface area contributed by atoms with E-state index in [2.05, 4.69) is 29.2 Å². The van der Waals surface area contributed by atoms with Gasteiger partial charge in [0.05, 0.1) is 17.7 Å². The molecular formula is C31H41N5O4S. The zero-order valence-corrected chi connectivity index (χ0v) is 24.9. The van der Waals surface area contributed by atoms with Crippen molar-refractivity contribution in [2.24, 2.45) is 17.6 Å². The van der Waals surface area contributed by atoms with E-state index in [9.17, 15) is 14.4 Å². The molecule has 1 aromatic heterocycles. The summed E-state index contributed by atoms with van der Waals surface area (Å²) in [5, 5.41) is 3.04. The maximum Gasteiger partial charge on any atom is 0.249 e. The molecule has 0 bridgehead atoms. The van der Waals surface area contributed by atoms with Crippen molar-refractivity contribution in [1.29, 1.82) is 0 Å². The summed E-state index contributed by atoms with van der Waals surface area (Å²) < 4.78 is 5.87. The number of Topliss-reactive ketones (excluding diaryl/α,β-unsaturated/α-hetero) is 1. The number of nitrogens with two attached hydrogens (primary N) is 1. The fourth-order valence-corrected chi connectivity index (χ4v) is 8.21.